The molecule has 3 aromatic heterocycles. The fraction of sp³-hybridized carbons (Fsp3) is 0. The van der Waals surface area contributed by atoms with Gasteiger partial charge in [0, 0.05) is 33.3 Å². The van der Waals surface area contributed by atoms with E-state index in [1.165, 1.54) is 20.9 Å². The van der Waals surface area contributed by atoms with Gasteiger partial charge in [-0.15, -0.1) is 22.7 Å². The Bertz CT molecular complexity index is 777. The van der Waals surface area contributed by atoms with Crippen LogP contribution in [0.3, 0.4) is 0 Å². The maximum absolute atomic E-state index is 4.45. The van der Waals surface area contributed by atoms with Crippen LogP contribution in [0.15, 0.2) is 71.7 Å². The molecule has 4 heteroatoms. The van der Waals surface area contributed by atoms with E-state index in [4.69, 9.17) is 0 Å². The van der Waals surface area contributed by atoms with E-state index in [0.717, 1.165) is 5.69 Å². The van der Waals surface area contributed by atoms with Gasteiger partial charge >= 0.3 is 0 Å². The zero-order chi connectivity index (χ0) is 14.1. The van der Waals surface area contributed by atoms with E-state index < -0.39 is 0 Å². The average Bonchev–Trinajstić information content (AvgIpc) is 3.28. The number of hydrogen-bond acceptors (Lipinski definition) is 3. The van der Waals surface area contributed by atoms with E-state index in [2.05, 4.69) is 58.3 Å². The van der Waals surface area contributed by atoms with Crippen molar-refractivity contribution in [2.45, 2.75) is 0 Å². The molecule has 0 unspecified atom stereocenters. The molecule has 2 nitrogen and oxygen atoms in total. The second-order valence-electron chi connectivity index (χ2n) is 4.61. The first-order chi connectivity index (χ1) is 10.4. The average molecular weight is 308 g/mol. The summed E-state index contributed by atoms with van der Waals surface area (Å²) in [6.07, 6.45) is 3.83. The summed E-state index contributed by atoms with van der Waals surface area (Å²) >= 11 is 3.51. The molecule has 102 valence electrons. The molecule has 3 heterocycles. The van der Waals surface area contributed by atoms with E-state index in [0.29, 0.717) is 0 Å². The Kier molecular flexibility index (Phi) is 3.18. The van der Waals surface area contributed by atoms with Gasteiger partial charge in [0.05, 0.1) is 5.69 Å². The third-order valence-electron chi connectivity index (χ3n) is 3.34. The van der Waals surface area contributed by atoms with E-state index in [1.54, 1.807) is 22.7 Å². The Hall–Kier alpha value is -2.17. The highest BCUT2D eigenvalue weighted by molar-refractivity contribution is 7.14. The zero-order valence-corrected chi connectivity index (χ0v) is 12.8. The monoisotopic (exact) mass is 308 g/mol. The van der Waals surface area contributed by atoms with Gasteiger partial charge in [-0.25, -0.2) is 4.68 Å². The van der Waals surface area contributed by atoms with Gasteiger partial charge in [-0.2, -0.15) is 5.10 Å². The number of hydrogen-bond donors (Lipinski definition) is 0. The molecule has 4 aromatic rings. The van der Waals surface area contributed by atoms with Gasteiger partial charge in [0.2, 0.25) is 0 Å². The lowest BCUT2D eigenvalue weighted by atomic mass is 10.0. The third-order valence-corrected chi connectivity index (χ3v) is 5.15. The molecule has 0 atom stereocenters. The van der Waals surface area contributed by atoms with E-state index in [9.17, 15) is 0 Å². The third kappa shape index (κ3) is 2.22. The van der Waals surface area contributed by atoms with Crippen molar-refractivity contribution >= 4 is 22.7 Å². The van der Waals surface area contributed by atoms with Crippen molar-refractivity contribution in [3.63, 3.8) is 0 Å². The maximum atomic E-state index is 4.45. The lowest BCUT2D eigenvalue weighted by Gasteiger charge is -2.13. The summed E-state index contributed by atoms with van der Waals surface area (Å²) in [4.78, 5) is 2.53. The predicted octanol–water partition coefficient (Wildman–Crippen LogP) is 5.33. The molecule has 0 aliphatic carbocycles. The van der Waals surface area contributed by atoms with Gasteiger partial charge < -0.3 is 0 Å². The summed E-state index contributed by atoms with van der Waals surface area (Å²) in [5, 5.41) is 8.68. The first kappa shape index (κ1) is 12.6. The summed E-state index contributed by atoms with van der Waals surface area (Å²) in [5.41, 5.74) is 3.59. The molecule has 0 aliphatic heterocycles. The van der Waals surface area contributed by atoms with Crippen molar-refractivity contribution in [1.82, 2.24) is 9.78 Å². The van der Waals surface area contributed by atoms with Crippen LogP contribution in [0.25, 0.3) is 26.6 Å². The molecule has 0 spiro atoms. The quantitative estimate of drug-likeness (QED) is 0.500. The van der Waals surface area contributed by atoms with Gasteiger partial charge in [-0.3, -0.25) is 0 Å². The van der Waals surface area contributed by atoms with Crippen LogP contribution in [-0.2, 0) is 0 Å². The largest absolute Gasteiger partial charge is 0.240 e. The smallest absolute Gasteiger partial charge is 0.0818 e. The van der Waals surface area contributed by atoms with Gasteiger partial charge in [0.15, 0.2) is 0 Å². The van der Waals surface area contributed by atoms with Crippen molar-refractivity contribution in [3.8, 4) is 26.6 Å². The second kappa shape index (κ2) is 5.31. The molecule has 21 heavy (non-hydrogen) atoms. The molecule has 0 radical (unpaired) electrons. The van der Waals surface area contributed by atoms with Crippen LogP contribution >= 0.6 is 22.7 Å². The Morgan fingerprint density at radius 1 is 0.762 bits per heavy atom. The molecule has 0 saturated carbocycles. The minimum atomic E-state index is 1.15. The normalized spacial score (nSPS) is 10.9. The number of thiophene rings is 2. The van der Waals surface area contributed by atoms with Gasteiger partial charge in [-0.05, 0) is 29.0 Å². The van der Waals surface area contributed by atoms with Crippen LogP contribution < -0.4 is 0 Å². The Labute approximate surface area is 130 Å². The fourth-order valence-corrected chi connectivity index (χ4v) is 3.96. The van der Waals surface area contributed by atoms with Crippen molar-refractivity contribution in [2.75, 3.05) is 0 Å². The number of aromatic nitrogens is 2. The Morgan fingerprint density at radius 3 is 1.90 bits per heavy atom. The molecular formula is C17H12N2S2. The molecule has 0 N–H and O–H groups in total. The van der Waals surface area contributed by atoms with Gasteiger partial charge in [0.1, 0.15) is 0 Å². The molecule has 0 bridgehead atoms. The first-order valence-corrected chi connectivity index (χ1v) is 8.40. The number of benzene rings is 1. The lowest BCUT2D eigenvalue weighted by Crippen LogP contribution is -1.99. The van der Waals surface area contributed by atoms with Crippen LogP contribution in [0.4, 0.5) is 0 Å². The fourth-order valence-electron chi connectivity index (χ4n) is 2.45. The van der Waals surface area contributed by atoms with Crippen molar-refractivity contribution in [3.05, 3.63) is 71.7 Å². The first-order valence-electron chi connectivity index (χ1n) is 6.64. The van der Waals surface area contributed by atoms with Crippen LogP contribution in [0.1, 0.15) is 0 Å². The van der Waals surface area contributed by atoms with E-state index in [-0.39, 0.29) is 0 Å². The molecule has 0 fully saturated rings. The molecule has 4 rings (SSSR count). The molecule has 0 aliphatic rings. The second-order valence-corrected chi connectivity index (χ2v) is 6.50. The van der Waals surface area contributed by atoms with E-state index >= 15 is 0 Å². The van der Waals surface area contributed by atoms with Crippen molar-refractivity contribution in [1.29, 1.82) is 0 Å². The van der Waals surface area contributed by atoms with Crippen LogP contribution in [0, 0.1) is 0 Å². The van der Waals surface area contributed by atoms with Gasteiger partial charge in [0.25, 0.3) is 0 Å². The predicted molar refractivity (Wildman–Crippen MR) is 90.2 cm³/mol. The molecule has 0 amide bonds. The summed E-state index contributed by atoms with van der Waals surface area (Å²) in [6.45, 7) is 0. The highest BCUT2D eigenvalue weighted by atomic mass is 32.1. The van der Waals surface area contributed by atoms with Crippen LogP contribution in [0.5, 0.6) is 0 Å². The SMILES string of the molecule is c1csc(-c2cccc(-c3cccs3)c2-n2cccn2)c1. The zero-order valence-electron chi connectivity index (χ0n) is 11.1. The highest BCUT2D eigenvalue weighted by Gasteiger charge is 2.15. The molecule has 1 aromatic carbocycles. The van der Waals surface area contributed by atoms with Crippen molar-refractivity contribution in [2.24, 2.45) is 0 Å². The van der Waals surface area contributed by atoms with Crippen LogP contribution in [0.2, 0.25) is 0 Å². The minimum Gasteiger partial charge on any atom is -0.240 e. The number of para-hydroxylation sites is 1. The molecule has 0 saturated heterocycles. The standard InChI is InChI=1S/C17H12N2S2/c1-5-13(15-7-2-11-20-15)17(19-10-4-9-18-19)14(6-1)16-8-3-12-21-16/h1-12H. The van der Waals surface area contributed by atoms with Crippen LogP contribution in [-0.4, -0.2) is 9.78 Å². The summed E-state index contributed by atoms with van der Waals surface area (Å²) in [5.74, 6) is 0. The number of rotatable bonds is 3. The lowest BCUT2D eigenvalue weighted by molar-refractivity contribution is 0.884. The van der Waals surface area contributed by atoms with Gasteiger partial charge in [-0.1, -0.05) is 30.3 Å². The highest BCUT2D eigenvalue weighted by Crippen LogP contribution is 2.38. The Morgan fingerprint density at radius 2 is 1.43 bits per heavy atom. The summed E-state index contributed by atoms with van der Waals surface area (Å²) < 4.78 is 1.96. The van der Waals surface area contributed by atoms with E-state index in [1.807, 2.05) is 23.1 Å². The minimum absolute atomic E-state index is 1.15. The maximum Gasteiger partial charge on any atom is 0.0818 e. The number of nitrogens with zero attached hydrogens (tertiary/aromatic N) is 2. The summed E-state index contributed by atoms with van der Waals surface area (Å²) in [6, 6.07) is 16.9. The summed E-state index contributed by atoms with van der Waals surface area (Å²) in [7, 11) is 0. The van der Waals surface area contributed by atoms with Crippen molar-refractivity contribution < 1.29 is 0 Å². The Balaban J connectivity index is 2.03. The topological polar surface area (TPSA) is 17.8 Å². The molecular weight excluding hydrogens is 296 g/mol.